The van der Waals surface area contributed by atoms with Crippen LogP contribution in [-0.4, -0.2) is 4.98 Å². The first-order valence-electron chi connectivity index (χ1n) is 7.74. The van der Waals surface area contributed by atoms with Gasteiger partial charge in [0.05, 0.1) is 0 Å². The van der Waals surface area contributed by atoms with E-state index in [-0.39, 0.29) is 0 Å². The van der Waals surface area contributed by atoms with Crippen LogP contribution in [0.25, 0.3) is 0 Å². The van der Waals surface area contributed by atoms with Crippen LogP contribution in [0.4, 0.5) is 0 Å². The quantitative estimate of drug-likeness (QED) is 0.500. The smallest absolute Gasteiger partial charge is 0.0372 e. The van der Waals surface area contributed by atoms with Crippen LogP contribution in [0, 0.1) is 6.92 Å². The second-order valence-electron chi connectivity index (χ2n) is 5.39. The first kappa shape index (κ1) is 15.2. The van der Waals surface area contributed by atoms with Crippen LogP contribution in [-0.2, 0) is 6.42 Å². The summed E-state index contributed by atoms with van der Waals surface area (Å²) in [4.78, 5) is 4.34. The number of rotatable bonds is 10. The summed E-state index contributed by atoms with van der Waals surface area (Å²) in [7, 11) is 0. The largest absolute Gasteiger partial charge is 0.261 e. The van der Waals surface area contributed by atoms with Gasteiger partial charge in [0.2, 0.25) is 0 Å². The molecule has 1 nitrogen and oxygen atoms in total. The van der Waals surface area contributed by atoms with Gasteiger partial charge in [0.1, 0.15) is 0 Å². The van der Waals surface area contributed by atoms with Gasteiger partial charge >= 0.3 is 0 Å². The van der Waals surface area contributed by atoms with E-state index in [0.29, 0.717) is 0 Å². The third-order valence-electron chi connectivity index (χ3n) is 3.54. The third-order valence-corrected chi connectivity index (χ3v) is 3.54. The predicted molar refractivity (Wildman–Crippen MR) is 79.9 cm³/mol. The normalized spacial score (nSPS) is 10.8. The number of hydrogen-bond donors (Lipinski definition) is 0. The van der Waals surface area contributed by atoms with Crippen LogP contribution in [0.5, 0.6) is 0 Å². The Kier molecular flexibility index (Phi) is 8.54. The SMILES string of the molecule is CCCCCCCCCCCc1ccc(C)nc1. The Morgan fingerprint density at radius 1 is 0.833 bits per heavy atom. The highest BCUT2D eigenvalue weighted by molar-refractivity contribution is 5.12. The molecule has 0 aromatic carbocycles. The Labute approximate surface area is 113 Å². The predicted octanol–water partition coefficient (Wildman–Crippen LogP) is 5.46. The molecule has 0 saturated heterocycles. The van der Waals surface area contributed by atoms with Gasteiger partial charge in [-0.3, -0.25) is 4.98 Å². The molecule has 0 aliphatic heterocycles. The van der Waals surface area contributed by atoms with Crippen molar-refractivity contribution in [3.8, 4) is 0 Å². The van der Waals surface area contributed by atoms with Gasteiger partial charge in [-0.15, -0.1) is 0 Å². The lowest BCUT2D eigenvalue weighted by atomic mass is 10.0. The fraction of sp³-hybridized carbons (Fsp3) is 0.706. The minimum atomic E-state index is 1.12. The van der Waals surface area contributed by atoms with Crippen molar-refractivity contribution in [3.63, 3.8) is 0 Å². The zero-order chi connectivity index (χ0) is 13.1. The molecule has 0 fully saturated rings. The minimum absolute atomic E-state index is 1.12. The molecule has 0 unspecified atom stereocenters. The topological polar surface area (TPSA) is 12.9 Å². The van der Waals surface area contributed by atoms with E-state index in [1.807, 2.05) is 13.1 Å². The molecule has 0 saturated carbocycles. The zero-order valence-corrected chi connectivity index (χ0v) is 12.3. The first-order valence-corrected chi connectivity index (χ1v) is 7.74. The van der Waals surface area contributed by atoms with Gasteiger partial charge in [-0.1, -0.05) is 64.4 Å². The van der Waals surface area contributed by atoms with Crippen LogP contribution in [0.15, 0.2) is 18.3 Å². The van der Waals surface area contributed by atoms with Crippen molar-refractivity contribution < 1.29 is 0 Å². The number of aromatic nitrogens is 1. The van der Waals surface area contributed by atoms with E-state index in [1.54, 1.807) is 0 Å². The van der Waals surface area contributed by atoms with Gasteiger partial charge in [-0.25, -0.2) is 0 Å². The van der Waals surface area contributed by atoms with E-state index in [9.17, 15) is 0 Å². The molecule has 1 heteroatoms. The molecule has 0 amide bonds. The molecule has 0 N–H and O–H groups in total. The zero-order valence-electron chi connectivity index (χ0n) is 12.3. The maximum absolute atomic E-state index is 4.34. The molecule has 0 radical (unpaired) electrons. The lowest BCUT2D eigenvalue weighted by molar-refractivity contribution is 0.564. The van der Waals surface area contributed by atoms with Gasteiger partial charge in [0, 0.05) is 11.9 Å². The van der Waals surface area contributed by atoms with Crippen molar-refractivity contribution in [1.82, 2.24) is 4.98 Å². The third kappa shape index (κ3) is 7.47. The molecule has 1 rings (SSSR count). The van der Waals surface area contributed by atoms with Crippen LogP contribution < -0.4 is 0 Å². The van der Waals surface area contributed by atoms with Crippen LogP contribution >= 0.6 is 0 Å². The molecular formula is C17H29N. The Bertz CT molecular complexity index is 289. The van der Waals surface area contributed by atoms with Crippen molar-refractivity contribution in [2.24, 2.45) is 0 Å². The first-order chi connectivity index (χ1) is 8.83. The van der Waals surface area contributed by atoms with Crippen LogP contribution in [0.3, 0.4) is 0 Å². The molecule has 0 aliphatic rings. The number of unbranched alkanes of at least 4 members (excludes halogenated alkanes) is 8. The minimum Gasteiger partial charge on any atom is -0.261 e. The Balaban J connectivity index is 1.91. The molecule has 18 heavy (non-hydrogen) atoms. The molecule has 102 valence electrons. The summed E-state index contributed by atoms with van der Waals surface area (Å²) in [5.74, 6) is 0. The van der Waals surface area contributed by atoms with Crippen LogP contribution in [0.1, 0.15) is 76.0 Å². The summed E-state index contributed by atoms with van der Waals surface area (Å²) < 4.78 is 0. The molecule has 0 atom stereocenters. The molecular weight excluding hydrogens is 218 g/mol. The molecule has 0 spiro atoms. The van der Waals surface area contributed by atoms with Gasteiger partial charge in [0.15, 0.2) is 0 Å². The highest BCUT2D eigenvalue weighted by Gasteiger charge is 1.95. The standard InChI is InChI=1S/C17H29N/c1-3-4-5-6-7-8-9-10-11-12-17-14-13-16(2)18-15-17/h13-15H,3-12H2,1-2H3. The summed E-state index contributed by atoms with van der Waals surface area (Å²) in [6.45, 7) is 4.32. The van der Waals surface area contributed by atoms with Crippen molar-refractivity contribution in [1.29, 1.82) is 0 Å². The molecule has 1 aromatic rings. The molecule has 1 aromatic heterocycles. The van der Waals surface area contributed by atoms with E-state index in [0.717, 1.165) is 5.69 Å². The van der Waals surface area contributed by atoms with Gasteiger partial charge in [-0.2, -0.15) is 0 Å². The Morgan fingerprint density at radius 2 is 1.44 bits per heavy atom. The molecule has 1 heterocycles. The van der Waals surface area contributed by atoms with Crippen molar-refractivity contribution in [2.45, 2.75) is 78.1 Å². The van der Waals surface area contributed by atoms with E-state index < -0.39 is 0 Å². The highest BCUT2D eigenvalue weighted by atomic mass is 14.6. The van der Waals surface area contributed by atoms with Crippen molar-refractivity contribution >= 4 is 0 Å². The summed E-state index contributed by atoms with van der Waals surface area (Å²) in [5, 5.41) is 0. The second-order valence-corrected chi connectivity index (χ2v) is 5.39. The van der Waals surface area contributed by atoms with E-state index >= 15 is 0 Å². The monoisotopic (exact) mass is 247 g/mol. The van der Waals surface area contributed by atoms with Crippen LogP contribution in [0.2, 0.25) is 0 Å². The fourth-order valence-corrected chi connectivity index (χ4v) is 2.29. The highest BCUT2D eigenvalue weighted by Crippen LogP contribution is 2.11. The maximum atomic E-state index is 4.34. The van der Waals surface area contributed by atoms with Crippen molar-refractivity contribution in [3.05, 3.63) is 29.6 Å². The fourth-order valence-electron chi connectivity index (χ4n) is 2.29. The summed E-state index contributed by atoms with van der Waals surface area (Å²) >= 11 is 0. The average molecular weight is 247 g/mol. The van der Waals surface area contributed by atoms with Gasteiger partial charge in [0.25, 0.3) is 0 Å². The van der Waals surface area contributed by atoms with E-state index in [2.05, 4.69) is 24.0 Å². The van der Waals surface area contributed by atoms with E-state index in [4.69, 9.17) is 0 Å². The van der Waals surface area contributed by atoms with Gasteiger partial charge < -0.3 is 0 Å². The number of hydrogen-bond acceptors (Lipinski definition) is 1. The number of aryl methyl sites for hydroxylation is 2. The summed E-state index contributed by atoms with van der Waals surface area (Å²) in [6.07, 6.45) is 15.8. The summed E-state index contributed by atoms with van der Waals surface area (Å²) in [6, 6.07) is 4.33. The number of nitrogens with zero attached hydrogens (tertiary/aromatic N) is 1. The molecule has 0 aliphatic carbocycles. The summed E-state index contributed by atoms with van der Waals surface area (Å²) in [5.41, 5.74) is 2.51. The number of pyridine rings is 1. The molecule has 0 bridgehead atoms. The van der Waals surface area contributed by atoms with E-state index in [1.165, 1.54) is 69.8 Å². The average Bonchev–Trinajstić information content (AvgIpc) is 2.39. The van der Waals surface area contributed by atoms with Crippen molar-refractivity contribution in [2.75, 3.05) is 0 Å². The Morgan fingerprint density at radius 3 is 2.00 bits per heavy atom. The van der Waals surface area contributed by atoms with Gasteiger partial charge in [-0.05, 0) is 31.4 Å². The lowest BCUT2D eigenvalue weighted by Crippen LogP contribution is -1.89. The lowest BCUT2D eigenvalue weighted by Gasteiger charge is -2.03. The Hall–Kier alpha value is -0.850. The second kappa shape index (κ2) is 10.1. The maximum Gasteiger partial charge on any atom is 0.0372 e.